The number of hydrogen-bond donors (Lipinski definition) is 1. The molecular weight excluding hydrogens is 235 g/mol. The summed E-state index contributed by atoms with van der Waals surface area (Å²) in [4.78, 5) is 25.2. The Hall–Kier alpha value is -1.75. The molecule has 0 radical (unpaired) electrons. The maximum Gasteiger partial charge on any atom is 0.237 e. The van der Waals surface area contributed by atoms with E-state index in [1.165, 1.54) is 18.2 Å². The molecule has 1 amide bonds. The first-order chi connectivity index (χ1) is 8.58. The van der Waals surface area contributed by atoms with Crippen LogP contribution < -0.4 is 5.32 Å². The average molecular weight is 250 g/mol. The fourth-order valence-corrected chi connectivity index (χ4v) is 1.98. The van der Waals surface area contributed by atoms with Gasteiger partial charge in [-0.25, -0.2) is 4.39 Å². The van der Waals surface area contributed by atoms with E-state index >= 15 is 0 Å². The van der Waals surface area contributed by atoms with Crippen molar-refractivity contribution in [3.63, 3.8) is 0 Å². The lowest BCUT2D eigenvalue weighted by Crippen LogP contribution is -2.55. The molecule has 1 aliphatic rings. The highest BCUT2D eigenvalue weighted by Gasteiger charge is 2.27. The molecule has 1 aliphatic heterocycles. The molecule has 1 saturated heterocycles. The van der Waals surface area contributed by atoms with Crippen LogP contribution in [0, 0.1) is 5.82 Å². The highest BCUT2D eigenvalue weighted by atomic mass is 19.1. The summed E-state index contributed by atoms with van der Waals surface area (Å²) < 4.78 is 13.0. The van der Waals surface area contributed by atoms with Crippen molar-refractivity contribution in [1.82, 2.24) is 10.2 Å². The van der Waals surface area contributed by atoms with Gasteiger partial charge in [0, 0.05) is 18.7 Å². The number of rotatable bonds is 3. The molecule has 1 heterocycles. The molecule has 0 saturated carbocycles. The summed E-state index contributed by atoms with van der Waals surface area (Å²) in [5, 5.41) is 2.73. The van der Waals surface area contributed by atoms with Crippen LogP contribution >= 0.6 is 0 Å². The molecule has 4 nitrogen and oxygen atoms in total. The van der Waals surface area contributed by atoms with Gasteiger partial charge in [-0.3, -0.25) is 14.5 Å². The van der Waals surface area contributed by atoms with Gasteiger partial charge >= 0.3 is 0 Å². The first-order valence-corrected chi connectivity index (χ1v) is 5.88. The molecule has 2 rings (SSSR count). The standard InChI is InChI=1S/C13H15FN2O2/c1-9-13(18)15-5-6-16(9)8-12(17)10-3-2-4-11(14)7-10/h2-4,7,9H,5-6,8H2,1H3,(H,15,18). The van der Waals surface area contributed by atoms with Crippen LogP contribution in [0.3, 0.4) is 0 Å². The second kappa shape index (κ2) is 5.27. The summed E-state index contributed by atoms with van der Waals surface area (Å²) in [6.45, 7) is 3.07. The van der Waals surface area contributed by atoms with E-state index in [4.69, 9.17) is 0 Å². The summed E-state index contributed by atoms with van der Waals surface area (Å²) in [5.41, 5.74) is 0.341. The number of nitrogens with zero attached hydrogens (tertiary/aromatic N) is 1. The minimum absolute atomic E-state index is 0.0757. The quantitative estimate of drug-likeness (QED) is 0.808. The fourth-order valence-electron chi connectivity index (χ4n) is 1.98. The number of hydrogen-bond acceptors (Lipinski definition) is 3. The third-order valence-corrected chi connectivity index (χ3v) is 3.12. The Balaban J connectivity index is 2.05. The zero-order valence-corrected chi connectivity index (χ0v) is 10.1. The summed E-state index contributed by atoms with van der Waals surface area (Å²) in [6.07, 6.45) is 0. The predicted octanol–water partition coefficient (Wildman–Crippen LogP) is 0.829. The number of carbonyl (C=O) groups is 2. The van der Waals surface area contributed by atoms with Gasteiger partial charge in [-0.2, -0.15) is 0 Å². The summed E-state index contributed by atoms with van der Waals surface area (Å²) in [6, 6.07) is 5.29. The van der Waals surface area contributed by atoms with Crippen molar-refractivity contribution in [2.75, 3.05) is 19.6 Å². The van der Waals surface area contributed by atoms with E-state index in [-0.39, 0.29) is 24.3 Å². The van der Waals surface area contributed by atoms with Crippen LogP contribution in [0.25, 0.3) is 0 Å². The third-order valence-electron chi connectivity index (χ3n) is 3.12. The van der Waals surface area contributed by atoms with Crippen LogP contribution in [0.15, 0.2) is 24.3 Å². The summed E-state index contributed by atoms with van der Waals surface area (Å²) >= 11 is 0. The number of nitrogens with one attached hydrogen (secondary N) is 1. The predicted molar refractivity (Wildman–Crippen MR) is 64.8 cm³/mol. The molecular formula is C13H15FN2O2. The molecule has 96 valence electrons. The Morgan fingerprint density at radius 1 is 1.56 bits per heavy atom. The van der Waals surface area contributed by atoms with Crippen LogP contribution in [-0.4, -0.2) is 42.3 Å². The SMILES string of the molecule is CC1C(=O)NCCN1CC(=O)c1cccc(F)c1. The van der Waals surface area contributed by atoms with Crippen LogP contribution in [0.2, 0.25) is 0 Å². The topological polar surface area (TPSA) is 49.4 Å². The van der Waals surface area contributed by atoms with Gasteiger partial charge in [0.1, 0.15) is 5.82 Å². The van der Waals surface area contributed by atoms with Crippen molar-refractivity contribution < 1.29 is 14.0 Å². The van der Waals surface area contributed by atoms with E-state index in [1.807, 2.05) is 0 Å². The Labute approximate surface area is 105 Å². The van der Waals surface area contributed by atoms with E-state index in [1.54, 1.807) is 17.9 Å². The van der Waals surface area contributed by atoms with Gasteiger partial charge in [-0.05, 0) is 19.1 Å². The molecule has 0 aromatic heterocycles. The molecule has 1 aromatic carbocycles. The van der Waals surface area contributed by atoms with E-state index in [2.05, 4.69) is 5.32 Å². The van der Waals surface area contributed by atoms with Crippen molar-refractivity contribution in [2.45, 2.75) is 13.0 Å². The minimum atomic E-state index is -0.426. The van der Waals surface area contributed by atoms with Crippen LogP contribution in [0.4, 0.5) is 4.39 Å². The highest BCUT2D eigenvalue weighted by molar-refractivity contribution is 5.98. The number of carbonyl (C=O) groups excluding carboxylic acids is 2. The number of benzene rings is 1. The first kappa shape index (κ1) is 12.7. The molecule has 5 heteroatoms. The lowest BCUT2D eigenvalue weighted by Gasteiger charge is -2.32. The van der Waals surface area contributed by atoms with E-state index < -0.39 is 5.82 Å². The zero-order chi connectivity index (χ0) is 13.1. The van der Waals surface area contributed by atoms with Gasteiger partial charge in [0.25, 0.3) is 0 Å². The van der Waals surface area contributed by atoms with Gasteiger partial charge in [0.2, 0.25) is 5.91 Å². The summed E-state index contributed by atoms with van der Waals surface area (Å²) in [7, 11) is 0. The van der Waals surface area contributed by atoms with Crippen molar-refractivity contribution in [2.24, 2.45) is 0 Å². The van der Waals surface area contributed by atoms with Crippen molar-refractivity contribution in [3.05, 3.63) is 35.6 Å². The average Bonchev–Trinajstić information content (AvgIpc) is 2.35. The maximum absolute atomic E-state index is 13.0. The molecule has 1 atom stereocenters. The highest BCUT2D eigenvalue weighted by Crippen LogP contribution is 2.09. The van der Waals surface area contributed by atoms with Crippen molar-refractivity contribution >= 4 is 11.7 Å². The number of amides is 1. The van der Waals surface area contributed by atoms with Gasteiger partial charge in [0.15, 0.2) is 5.78 Å². The van der Waals surface area contributed by atoms with Crippen LogP contribution in [0.5, 0.6) is 0 Å². The second-order valence-electron chi connectivity index (χ2n) is 4.37. The van der Waals surface area contributed by atoms with Gasteiger partial charge < -0.3 is 5.32 Å². The second-order valence-corrected chi connectivity index (χ2v) is 4.37. The lowest BCUT2D eigenvalue weighted by atomic mass is 10.1. The minimum Gasteiger partial charge on any atom is -0.353 e. The third kappa shape index (κ3) is 2.73. The number of halogens is 1. The van der Waals surface area contributed by atoms with Crippen LogP contribution in [0.1, 0.15) is 17.3 Å². The van der Waals surface area contributed by atoms with Crippen molar-refractivity contribution in [3.8, 4) is 0 Å². The molecule has 1 fully saturated rings. The fraction of sp³-hybridized carbons (Fsp3) is 0.385. The monoisotopic (exact) mass is 250 g/mol. The zero-order valence-electron chi connectivity index (χ0n) is 10.1. The smallest absolute Gasteiger partial charge is 0.237 e. The number of piperazine rings is 1. The molecule has 1 N–H and O–H groups in total. The van der Waals surface area contributed by atoms with Gasteiger partial charge in [-0.1, -0.05) is 12.1 Å². The van der Waals surface area contributed by atoms with E-state index in [9.17, 15) is 14.0 Å². The molecule has 0 aliphatic carbocycles. The van der Waals surface area contributed by atoms with E-state index in [0.717, 1.165) is 0 Å². The Morgan fingerprint density at radius 2 is 2.33 bits per heavy atom. The molecule has 0 spiro atoms. The lowest BCUT2D eigenvalue weighted by molar-refractivity contribution is -0.127. The maximum atomic E-state index is 13.0. The first-order valence-electron chi connectivity index (χ1n) is 5.88. The molecule has 1 aromatic rings. The Kier molecular flexibility index (Phi) is 3.72. The molecule has 0 bridgehead atoms. The Morgan fingerprint density at radius 3 is 3.06 bits per heavy atom. The largest absolute Gasteiger partial charge is 0.353 e. The van der Waals surface area contributed by atoms with Gasteiger partial charge in [-0.15, -0.1) is 0 Å². The Bertz CT molecular complexity index is 476. The number of Topliss-reactive ketones (excluding diaryl/α,β-unsaturated/α-hetero) is 1. The van der Waals surface area contributed by atoms with Crippen molar-refractivity contribution in [1.29, 1.82) is 0 Å². The van der Waals surface area contributed by atoms with Crippen LogP contribution in [-0.2, 0) is 4.79 Å². The normalized spacial score (nSPS) is 20.6. The van der Waals surface area contributed by atoms with E-state index in [0.29, 0.717) is 18.7 Å². The van der Waals surface area contributed by atoms with Gasteiger partial charge in [0.05, 0.1) is 12.6 Å². The molecule has 18 heavy (non-hydrogen) atoms. The summed E-state index contributed by atoms with van der Waals surface area (Å²) in [5.74, 6) is -0.672. The number of ketones is 1. The molecule has 1 unspecified atom stereocenters.